The van der Waals surface area contributed by atoms with Crippen LogP contribution >= 0.6 is 0 Å². The molecule has 0 radical (unpaired) electrons. The Morgan fingerprint density at radius 1 is 1.36 bits per heavy atom. The van der Waals surface area contributed by atoms with Crippen LogP contribution in [0.1, 0.15) is 23.2 Å². The summed E-state index contributed by atoms with van der Waals surface area (Å²) in [5.41, 5.74) is -0.195. The molecule has 0 spiro atoms. The minimum Gasteiger partial charge on any atom is -0.391 e. The van der Waals surface area contributed by atoms with Crippen LogP contribution in [-0.4, -0.2) is 45.3 Å². The highest BCUT2D eigenvalue weighted by atomic mass is 19.1. The van der Waals surface area contributed by atoms with Gasteiger partial charge in [0.25, 0.3) is 5.91 Å². The third-order valence-electron chi connectivity index (χ3n) is 3.77. The molecule has 116 valence electrons. The number of amides is 1. The summed E-state index contributed by atoms with van der Waals surface area (Å²) in [6, 6.07) is 3.50. The lowest BCUT2D eigenvalue weighted by atomic mass is 10.0. The van der Waals surface area contributed by atoms with Gasteiger partial charge in [0.2, 0.25) is 0 Å². The number of carbonyl (C=O) groups excluding carboxylic acids is 1. The van der Waals surface area contributed by atoms with Gasteiger partial charge in [0.15, 0.2) is 0 Å². The van der Waals surface area contributed by atoms with Crippen LogP contribution in [0.5, 0.6) is 0 Å². The Morgan fingerprint density at radius 3 is 2.77 bits per heavy atom. The minimum atomic E-state index is -0.767. The summed E-state index contributed by atoms with van der Waals surface area (Å²) in [6.07, 6.45) is 2.01. The first-order chi connectivity index (χ1) is 10.6. The number of aliphatic hydroxyl groups excluding tert-OH is 1. The fourth-order valence-corrected chi connectivity index (χ4v) is 2.69. The largest absolute Gasteiger partial charge is 0.391 e. The summed E-state index contributed by atoms with van der Waals surface area (Å²) in [5.74, 6) is -1.93. The molecule has 22 heavy (non-hydrogen) atoms. The Hall–Kier alpha value is -2.28. The Morgan fingerprint density at radius 2 is 2.09 bits per heavy atom. The first kappa shape index (κ1) is 14.6. The van der Waals surface area contributed by atoms with Crippen LogP contribution < -0.4 is 0 Å². The van der Waals surface area contributed by atoms with Crippen molar-refractivity contribution in [1.29, 1.82) is 0 Å². The second kappa shape index (κ2) is 5.84. The molecule has 0 bridgehead atoms. The summed E-state index contributed by atoms with van der Waals surface area (Å²) < 4.78 is 27.8. The standard InChI is InChI=1S/C15H15F2N3O2/c16-11-4-1-5-12(17)13(11)14-10(7-18-19-14)15(22)20-6-2-3-9(21)8-20/h1,4-5,7,9,21H,2-3,6,8H2,(H,18,19). The molecule has 2 heterocycles. The molecule has 5 nitrogen and oxygen atoms in total. The number of aliphatic hydroxyl groups is 1. The Bertz CT molecular complexity index is 682. The van der Waals surface area contributed by atoms with E-state index in [1.807, 2.05) is 0 Å². The number of rotatable bonds is 2. The predicted molar refractivity (Wildman–Crippen MR) is 75.1 cm³/mol. The Balaban J connectivity index is 1.97. The average Bonchev–Trinajstić information content (AvgIpc) is 2.95. The van der Waals surface area contributed by atoms with Crippen LogP contribution in [0.25, 0.3) is 11.3 Å². The molecular weight excluding hydrogens is 292 g/mol. The van der Waals surface area contributed by atoms with Crippen molar-refractivity contribution in [3.63, 3.8) is 0 Å². The lowest BCUT2D eigenvalue weighted by Crippen LogP contribution is -2.42. The fraction of sp³-hybridized carbons (Fsp3) is 0.333. The number of hydrogen-bond donors (Lipinski definition) is 2. The molecule has 1 aromatic heterocycles. The Labute approximate surface area is 125 Å². The number of carbonyl (C=O) groups is 1. The van der Waals surface area contributed by atoms with Gasteiger partial charge in [-0.05, 0) is 25.0 Å². The molecule has 1 fully saturated rings. The highest BCUT2D eigenvalue weighted by molar-refractivity contribution is 5.99. The number of halogens is 2. The first-order valence-electron chi connectivity index (χ1n) is 7.03. The number of nitrogens with one attached hydrogen (secondary N) is 1. The fourth-order valence-electron chi connectivity index (χ4n) is 2.69. The number of H-pyrrole nitrogens is 1. The van der Waals surface area contributed by atoms with Crippen molar-refractivity contribution in [2.24, 2.45) is 0 Å². The summed E-state index contributed by atoms with van der Waals surface area (Å²) in [7, 11) is 0. The van der Waals surface area contributed by atoms with Crippen LogP contribution in [0.4, 0.5) is 8.78 Å². The van der Waals surface area contributed by atoms with Crippen molar-refractivity contribution in [3.05, 3.63) is 41.6 Å². The van der Waals surface area contributed by atoms with Crippen molar-refractivity contribution in [2.75, 3.05) is 13.1 Å². The summed E-state index contributed by atoms with van der Waals surface area (Å²) >= 11 is 0. The molecule has 1 atom stereocenters. The van der Waals surface area contributed by atoms with Crippen LogP contribution in [0.3, 0.4) is 0 Å². The van der Waals surface area contributed by atoms with Crippen molar-refractivity contribution in [1.82, 2.24) is 15.1 Å². The number of β-amino-alcohol motifs (C(OH)–C–C–N with tert-alkyl or cyclic N) is 1. The van der Waals surface area contributed by atoms with E-state index >= 15 is 0 Å². The zero-order chi connectivity index (χ0) is 15.7. The molecule has 1 aliphatic rings. The van der Waals surface area contributed by atoms with Crippen molar-refractivity contribution < 1.29 is 18.7 Å². The van der Waals surface area contributed by atoms with Gasteiger partial charge in [0.05, 0.1) is 29.1 Å². The van der Waals surface area contributed by atoms with Gasteiger partial charge < -0.3 is 10.0 Å². The van der Waals surface area contributed by atoms with E-state index in [4.69, 9.17) is 0 Å². The first-order valence-corrected chi connectivity index (χ1v) is 7.03. The number of nitrogens with zero attached hydrogens (tertiary/aromatic N) is 2. The van der Waals surface area contributed by atoms with E-state index in [2.05, 4.69) is 10.2 Å². The van der Waals surface area contributed by atoms with Gasteiger partial charge in [0.1, 0.15) is 11.6 Å². The maximum absolute atomic E-state index is 13.9. The van der Waals surface area contributed by atoms with E-state index < -0.39 is 23.6 Å². The minimum absolute atomic E-state index is 0.0145. The Kier molecular flexibility index (Phi) is 3.89. The number of hydrogen-bond acceptors (Lipinski definition) is 3. The van der Waals surface area contributed by atoms with Gasteiger partial charge in [-0.3, -0.25) is 9.89 Å². The lowest BCUT2D eigenvalue weighted by molar-refractivity contribution is 0.0474. The summed E-state index contributed by atoms with van der Waals surface area (Å²) in [6.45, 7) is 0.712. The van der Waals surface area contributed by atoms with Gasteiger partial charge >= 0.3 is 0 Å². The number of likely N-dealkylation sites (tertiary alicyclic amines) is 1. The van der Waals surface area contributed by atoms with E-state index in [1.165, 1.54) is 17.2 Å². The van der Waals surface area contributed by atoms with Crippen molar-refractivity contribution in [2.45, 2.75) is 18.9 Å². The van der Waals surface area contributed by atoms with Crippen molar-refractivity contribution in [3.8, 4) is 11.3 Å². The highest BCUT2D eigenvalue weighted by Gasteiger charge is 2.27. The van der Waals surface area contributed by atoms with Gasteiger partial charge in [0, 0.05) is 13.1 Å². The molecule has 1 aliphatic heterocycles. The molecule has 1 saturated heterocycles. The number of aromatic amines is 1. The van der Waals surface area contributed by atoms with E-state index in [1.54, 1.807) is 0 Å². The molecule has 1 unspecified atom stereocenters. The molecule has 1 aromatic carbocycles. The molecule has 7 heteroatoms. The molecule has 1 amide bonds. The number of aromatic nitrogens is 2. The van der Waals surface area contributed by atoms with Gasteiger partial charge in [-0.1, -0.05) is 6.07 Å². The van der Waals surface area contributed by atoms with E-state index in [0.717, 1.165) is 12.1 Å². The monoisotopic (exact) mass is 307 g/mol. The van der Waals surface area contributed by atoms with Gasteiger partial charge in [-0.15, -0.1) is 0 Å². The molecule has 3 rings (SSSR count). The van der Waals surface area contributed by atoms with E-state index in [-0.39, 0.29) is 23.4 Å². The summed E-state index contributed by atoms with van der Waals surface area (Å²) in [4.78, 5) is 14.0. The molecule has 2 aromatic rings. The van der Waals surface area contributed by atoms with Crippen LogP contribution in [0, 0.1) is 11.6 Å². The predicted octanol–water partition coefficient (Wildman–Crippen LogP) is 1.95. The van der Waals surface area contributed by atoms with Crippen molar-refractivity contribution >= 4 is 5.91 Å². The van der Waals surface area contributed by atoms with Gasteiger partial charge in [-0.25, -0.2) is 8.78 Å². The second-order valence-corrected chi connectivity index (χ2v) is 5.30. The lowest BCUT2D eigenvalue weighted by Gasteiger charge is -2.30. The topological polar surface area (TPSA) is 69.2 Å². The quantitative estimate of drug-likeness (QED) is 0.891. The third kappa shape index (κ3) is 2.59. The zero-order valence-electron chi connectivity index (χ0n) is 11.7. The average molecular weight is 307 g/mol. The molecule has 0 aliphatic carbocycles. The maximum atomic E-state index is 13.9. The normalized spacial score (nSPS) is 18.5. The second-order valence-electron chi connectivity index (χ2n) is 5.30. The number of benzene rings is 1. The smallest absolute Gasteiger partial charge is 0.257 e. The SMILES string of the molecule is O=C(c1cn[nH]c1-c1c(F)cccc1F)N1CCCC(O)C1. The third-order valence-corrected chi connectivity index (χ3v) is 3.77. The molecule has 2 N–H and O–H groups in total. The molecular formula is C15H15F2N3O2. The number of piperidine rings is 1. The van der Waals surface area contributed by atoms with Crippen LogP contribution in [-0.2, 0) is 0 Å². The van der Waals surface area contributed by atoms with Crippen LogP contribution in [0.2, 0.25) is 0 Å². The zero-order valence-corrected chi connectivity index (χ0v) is 11.7. The maximum Gasteiger partial charge on any atom is 0.257 e. The van der Waals surface area contributed by atoms with Gasteiger partial charge in [-0.2, -0.15) is 5.10 Å². The van der Waals surface area contributed by atoms with E-state index in [0.29, 0.717) is 19.4 Å². The molecule has 0 saturated carbocycles. The highest BCUT2D eigenvalue weighted by Crippen LogP contribution is 2.28. The van der Waals surface area contributed by atoms with E-state index in [9.17, 15) is 18.7 Å². The summed E-state index contributed by atoms with van der Waals surface area (Å²) in [5, 5.41) is 15.9. The van der Waals surface area contributed by atoms with Crippen LogP contribution in [0.15, 0.2) is 24.4 Å².